The molecular weight excluding hydrogens is 222 g/mol. The predicted molar refractivity (Wildman–Crippen MR) is 66.9 cm³/mol. The van der Waals surface area contributed by atoms with Gasteiger partial charge in [-0.2, -0.15) is 11.8 Å². The van der Waals surface area contributed by atoms with Crippen molar-refractivity contribution in [2.75, 3.05) is 11.5 Å². The maximum atomic E-state index is 11.4. The largest absolute Gasteiger partial charge is 0.480 e. The summed E-state index contributed by atoms with van der Waals surface area (Å²) < 4.78 is 0. The van der Waals surface area contributed by atoms with Gasteiger partial charge in [-0.05, 0) is 43.8 Å². The third kappa shape index (κ3) is 2.54. The molecule has 0 radical (unpaired) electrons. The van der Waals surface area contributed by atoms with Crippen LogP contribution in [0.2, 0.25) is 0 Å². The number of carbonyl (C=O) groups is 1. The molecule has 3 nitrogen and oxygen atoms in total. The highest BCUT2D eigenvalue weighted by atomic mass is 32.2. The first-order valence-electron chi connectivity index (χ1n) is 6.21. The molecule has 4 heteroatoms. The Labute approximate surface area is 101 Å². The molecular formula is C12H21NO2S. The minimum Gasteiger partial charge on any atom is -0.480 e. The molecule has 1 aliphatic heterocycles. The lowest BCUT2D eigenvalue weighted by Gasteiger charge is -2.34. The Kier molecular flexibility index (Phi) is 3.80. The van der Waals surface area contributed by atoms with E-state index in [0.717, 1.165) is 36.7 Å². The fourth-order valence-electron chi connectivity index (χ4n) is 2.70. The maximum absolute atomic E-state index is 11.4. The number of hydrogen-bond donors (Lipinski definition) is 2. The van der Waals surface area contributed by atoms with Crippen molar-refractivity contribution in [3.8, 4) is 0 Å². The van der Waals surface area contributed by atoms with Crippen molar-refractivity contribution in [1.29, 1.82) is 0 Å². The van der Waals surface area contributed by atoms with Crippen LogP contribution < -0.4 is 5.32 Å². The molecule has 1 unspecified atom stereocenters. The second-order valence-electron chi connectivity index (χ2n) is 5.29. The lowest BCUT2D eigenvalue weighted by molar-refractivity contribution is -0.144. The minimum atomic E-state index is -0.656. The van der Waals surface area contributed by atoms with Crippen molar-refractivity contribution < 1.29 is 9.90 Å². The van der Waals surface area contributed by atoms with Crippen LogP contribution in [0.15, 0.2) is 0 Å². The van der Waals surface area contributed by atoms with Crippen LogP contribution in [0.1, 0.15) is 39.0 Å². The molecule has 0 aromatic rings. The number of hydrogen-bond acceptors (Lipinski definition) is 3. The third-order valence-corrected chi connectivity index (χ3v) is 5.12. The van der Waals surface area contributed by atoms with Crippen LogP contribution in [-0.4, -0.2) is 34.2 Å². The van der Waals surface area contributed by atoms with Crippen molar-refractivity contribution in [2.24, 2.45) is 5.92 Å². The average Bonchev–Trinajstić information content (AvgIpc) is 2.71. The molecule has 0 spiro atoms. The van der Waals surface area contributed by atoms with Gasteiger partial charge in [-0.1, -0.05) is 6.92 Å². The maximum Gasteiger partial charge on any atom is 0.324 e. The highest BCUT2D eigenvalue weighted by Gasteiger charge is 2.43. The molecule has 1 atom stereocenters. The average molecular weight is 243 g/mol. The molecule has 2 rings (SSSR count). The van der Waals surface area contributed by atoms with Gasteiger partial charge in [-0.15, -0.1) is 0 Å². The molecule has 0 amide bonds. The van der Waals surface area contributed by atoms with E-state index in [1.54, 1.807) is 11.8 Å². The second kappa shape index (κ2) is 4.96. The summed E-state index contributed by atoms with van der Waals surface area (Å²) >= 11 is 1.76. The van der Waals surface area contributed by atoms with Gasteiger partial charge in [0.05, 0.1) is 0 Å². The molecule has 0 aromatic heterocycles. The Bertz CT molecular complexity index is 256. The zero-order valence-corrected chi connectivity index (χ0v) is 10.7. The number of carboxylic acids is 1. The number of rotatable bonds is 3. The van der Waals surface area contributed by atoms with E-state index in [-0.39, 0.29) is 0 Å². The Morgan fingerprint density at radius 1 is 1.38 bits per heavy atom. The van der Waals surface area contributed by atoms with Crippen molar-refractivity contribution in [3.63, 3.8) is 0 Å². The van der Waals surface area contributed by atoms with Crippen LogP contribution in [0.25, 0.3) is 0 Å². The van der Waals surface area contributed by atoms with Gasteiger partial charge in [0.1, 0.15) is 5.54 Å². The van der Waals surface area contributed by atoms with Crippen LogP contribution in [0, 0.1) is 5.92 Å². The normalized spacial score (nSPS) is 39.8. The van der Waals surface area contributed by atoms with Crippen molar-refractivity contribution in [1.82, 2.24) is 5.32 Å². The minimum absolute atomic E-state index is 0.422. The van der Waals surface area contributed by atoms with Gasteiger partial charge in [0.15, 0.2) is 0 Å². The van der Waals surface area contributed by atoms with E-state index >= 15 is 0 Å². The number of thioether (sulfide) groups is 1. The summed E-state index contributed by atoms with van der Waals surface area (Å²) in [5, 5.41) is 12.8. The first kappa shape index (κ1) is 12.2. The monoisotopic (exact) mass is 243 g/mol. The molecule has 1 aliphatic carbocycles. The second-order valence-corrected chi connectivity index (χ2v) is 6.40. The Hall–Kier alpha value is -0.220. The van der Waals surface area contributed by atoms with E-state index in [1.807, 2.05) is 0 Å². The van der Waals surface area contributed by atoms with E-state index in [1.165, 1.54) is 12.8 Å². The van der Waals surface area contributed by atoms with Gasteiger partial charge >= 0.3 is 5.97 Å². The van der Waals surface area contributed by atoms with Crippen molar-refractivity contribution in [2.45, 2.75) is 50.6 Å². The van der Waals surface area contributed by atoms with Gasteiger partial charge in [0.25, 0.3) is 0 Å². The van der Waals surface area contributed by atoms with E-state index < -0.39 is 11.5 Å². The Morgan fingerprint density at radius 2 is 2.06 bits per heavy atom. The lowest BCUT2D eigenvalue weighted by Crippen LogP contribution is -2.56. The molecule has 92 valence electrons. The topological polar surface area (TPSA) is 49.3 Å². The van der Waals surface area contributed by atoms with E-state index in [9.17, 15) is 9.90 Å². The first-order chi connectivity index (χ1) is 7.62. The fourth-order valence-corrected chi connectivity index (χ4v) is 4.04. The number of aliphatic carboxylic acids is 1. The van der Waals surface area contributed by atoms with Crippen molar-refractivity contribution >= 4 is 17.7 Å². The molecule has 1 saturated heterocycles. The number of nitrogens with one attached hydrogen (secondary N) is 1. The molecule has 1 saturated carbocycles. The quantitative estimate of drug-likeness (QED) is 0.797. The van der Waals surface area contributed by atoms with Gasteiger partial charge < -0.3 is 5.11 Å². The number of carboxylic acid groups (broad SMARTS) is 1. The van der Waals surface area contributed by atoms with Gasteiger partial charge in [-0.3, -0.25) is 10.1 Å². The molecule has 1 heterocycles. The van der Waals surface area contributed by atoms with E-state index in [0.29, 0.717) is 6.04 Å². The lowest BCUT2D eigenvalue weighted by atomic mass is 9.85. The predicted octanol–water partition coefficient (Wildman–Crippen LogP) is 2.11. The van der Waals surface area contributed by atoms with E-state index in [2.05, 4.69) is 12.2 Å². The molecule has 2 fully saturated rings. The first-order valence-corrected chi connectivity index (χ1v) is 7.37. The Morgan fingerprint density at radius 3 is 2.56 bits per heavy atom. The SMILES string of the molecule is CC1CCC(NC2(C(=O)O)CCSC2)CC1. The van der Waals surface area contributed by atoms with Gasteiger partial charge in [-0.25, -0.2) is 0 Å². The van der Waals surface area contributed by atoms with Crippen molar-refractivity contribution in [3.05, 3.63) is 0 Å². The molecule has 0 bridgehead atoms. The third-order valence-electron chi connectivity index (χ3n) is 3.93. The molecule has 0 aromatic carbocycles. The zero-order valence-electron chi connectivity index (χ0n) is 9.87. The summed E-state index contributed by atoms with van der Waals surface area (Å²) in [5.74, 6) is 1.87. The summed E-state index contributed by atoms with van der Waals surface area (Å²) in [6, 6.07) is 0.422. The van der Waals surface area contributed by atoms with Crippen LogP contribution in [0.3, 0.4) is 0 Å². The summed E-state index contributed by atoms with van der Waals surface area (Å²) in [5.41, 5.74) is -0.629. The standard InChI is InChI=1S/C12H21NO2S/c1-9-2-4-10(5-3-9)13-12(11(14)15)6-7-16-8-12/h9-10,13H,2-8H2,1H3,(H,14,15). The van der Waals surface area contributed by atoms with Crippen LogP contribution in [-0.2, 0) is 4.79 Å². The summed E-state index contributed by atoms with van der Waals surface area (Å²) in [6.07, 6.45) is 5.53. The van der Waals surface area contributed by atoms with Crippen LogP contribution in [0.4, 0.5) is 0 Å². The van der Waals surface area contributed by atoms with Gasteiger partial charge in [0, 0.05) is 11.8 Å². The molecule has 2 N–H and O–H groups in total. The van der Waals surface area contributed by atoms with Crippen LogP contribution >= 0.6 is 11.8 Å². The van der Waals surface area contributed by atoms with Crippen LogP contribution in [0.5, 0.6) is 0 Å². The van der Waals surface area contributed by atoms with E-state index in [4.69, 9.17) is 0 Å². The summed E-state index contributed by atoms with van der Waals surface area (Å²) in [6.45, 7) is 2.29. The zero-order chi connectivity index (χ0) is 11.6. The molecule has 16 heavy (non-hydrogen) atoms. The summed E-state index contributed by atoms with van der Waals surface area (Å²) in [4.78, 5) is 11.4. The highest BCUT2D eigenvalue weighted by molar-refractivity contribution is 7.99. The smallest absolute Gasteiger partial charge is 0.324 e. The Balaban J connectivity index is 1.93. The fraction of sp³-hybridized carbons (Fsp3) is 0.917. The van der Waals surface area contributed by atoms with Gasteiger partial charge in [0.2, 0.25) is 0 Å². The highest BCUT2D eigenvalue weighted by Crippen LogP contribution is 2.31. The molecule has 2 aliphatic rings. The summed E-state index contributed by atoms with van der Waals surface area (Å²) in [7, 11) is 0.